The average Bonchev–Trinajstić information content (AvgIpc) is 2.36. The molecule has 110 valence electrons. The van der Waals surface area contributed by atoms with Crippen molar-refractivity contribution in [3.05, 3.63) is 29.8 Å². The minimum absolute atomic E-state index is 0.101. The molecule has 20 heavy (non-hydrogen) atoms. The molecule has 0 aliphatic heterocycles. The van der Waals surface area contributed by atoms with Crippen LogP contribution in [0.1, 0.15) is 16.8 Å². The van der Waals surface area contributed by atoms with Gasteiger partial charge < -0.3 is 10.4 Å². The Balaban J connectivity index is 2.72. The second-order valence-electron chi connectivity index (χ2n) is 3.98. The number of amides is 2. The molecule has 0 aliphatic carbocycles. The number of carboxylic acids is 1. The molecule has 0 spiro atoms. The first-order valence-electron chi connectivity index (χ1n) is 5.63. The van der Waals surface area contributed by atoms with Gasteiger partial charge in [0, 0.05) is 13.6 Å². The van der Waals surface area contributed by atoms with Crippen molar-refractivity contribution in [1.29, 1.82) is 0 Å². The maximum Gasteiger partial charge on any atom is 0.390 e. The van der Waals surface area contributed by atoms with Crippen LogP contribution in [0.25, 0.3) is 0 Å². The Morgan fingerprint density at radius 1 is 1.30 bits per heavy atom. The number of nitrogens with one attached hydrogen (secondary N) is 1. The molecule has 1 aromatic carbocycles. The first kappa shape index (κ1) is 15.8. The molecule has 0 aliphatic rings. The lowest BCUT2D eigenvalue weighted by Gasteiger charge is -2.20. The van der Waals surface area contributed by atoms with Crippen LogP contribution >= 0.6 is 0 Å². The quantitative estimate of drug-likeness (QED) is 0.895. The van der Waals surface area contributed by atoms with Gasteiger partial charge >= 0.3 is 18.2 Å². The molecular weight excluding hydrogens is 277 g/mol. The highest BCUT2D eigenvalue weighted by molar-refractivity contribution is 6.01. The number of halogens is 3. The van der Waals surface area contributed by atoms with Gasteiger partial charge in [-0.2, -0.15) is 13.2 Å². The Bertz CT molecular complexity index is 503. The number of benzene rings is 1. The van der Waals surface area contributed by atoms with Crippen molar-refractivity contribution in [2.75, 3.05) is 18.5 Å². The number of aromatic carboxylic acids is 1. The molecule has 5 nitrogen and oxygen atoms in total. The number of carbonyl (C=O) groups excluding carboxylic acids is 1. The first-order valence-corrected chi connectivity index (χ1v) is 5.63. The molecule has 0 saturated heterocycles. The van der Waals surface area contributed by atoms with Crippen LogP contribution in [0.4, 0.5) is 23.7 Å². The summed E-state index contributed by atoms with van der Waals surface area (Å²) in [5.74, 6) is -1.23. The number of rotatable bonds is 4. The number of carbonyl (C=O) groups is 2. The summed E-state index contributed by atoms with van der Waals surface area (Å²) < 4.78 is 35.9. The SMILES string of the molecule is CN(C(=O)NCCC(F)(F)F)c1ccccc1C(=O)O. The van der Waals surface area contributed by atoms with E-state index in [2.05, 4.69) is 5.32 Å². The molecule has 0 fully saturated rings. The van der Waals surface area contributed by atoms with E-state index in [-0.39, 0.29) is 11.3 Å². The van der Waals surface area contributed by atoms with E-state index in [1.165, 1.54) is 31.3 Å². The lowest BCUT2D eigenvalue weighted by molar-refractivity contribution is -0.132. The van der Waals surface area contributed by atoms with E-state index in [1.54, 1.807) is 0 Å². The maximum atomic E-state index is 12.0. The number of urea groups is 1. The van der Waals surface area contributed by atoms with Crippen molar-refractivity contribution in [3.8, 4) is 0 Å². The number of carboxylic acid groups (broad SMARTS) is 1. The molecule has 1 rings (SSSR count). The fraction of sp³-hybridized carbons (Fsp3) is 0.333. The minimum Gasteiger partial charge on any atom is -0.478 e. The summed E-state index contributed by atoms with van der Waals surface area (Å²) in [7, 11) is 1.28. The van der Waals surface area contributed by atoms with Crippen LogP contribution in [0, 0.1) is 0 Å². The predicted molar refractivity (Wildman–Crippen MR) is 65.9 cm³/mol. The molecule has 0 heterocycles. The lowest BCUT2D eigenvalue weighted by Crippen LogP contribution is -2.39. The Morgan fingerprint density at radius 2 is 1.90 bits per heavy atom. The normalized spacial score (nSPS) is 11.0. The second-order valence-corrected chi connectivity index (χ2v) is 3.98. The molecule has 0 radical (unpaired) electrons. The van der Waals surface area contributed by atoms with Gasteiger partial charge in [0.25, 0.3) is 0 Å². The van der Waals surface area contributed by atoms with Crippen LogP contribution < -0.4 is 10.2 Å². The number of para-hydroxylation sites is 1. The van der Waals surface area contributed by atoms with E-state index < -0.39 is 31.1 Å². The van der Waals surface area contributed by atoms with E-state index in [1.807, 2.05) is 0 Å². The Labute approximate surface area is 113 Å². The highest BCUT2D eigenvalue weighted by Gasteiger charge is 2.27. The van der Waals surface area contributed by atoms with Crippen molar-refractivity contribution in [2.45, 2.75) is 12.6 Å². The Kier molecular flexibility index (Phi) is 4.95. The summed E-state index contributed by atoms with van der Waals surface area (Å²) in [5.41, 5.74) is -0.00881. The molecular formula is C12H13F3N2O3. The third-order valence-electron chi connectivity index (χ3n) is 2.49. The lowest BCUT2D eigenvalue weighted by atomic mass is 10.1. The Morgan fingerprint density at radius 3 is 2.45 bits per heavy atom. The smallest absolute Gasteiger partial charge is 0.390 e. The summed E-state index contributed by atoms with van der Waals surface area (Å²) in [6.45, 7) is -0.568. The maximum absolute atomic E-state index is 12.0. The van der Waals surface area contributed by atoms with Crippen LogP contribution in [-0.2, 0) is 0 Å². The summed E-state index contributed by atoms with van der Waals surface area (Å²) >= 11 is 0. The highest BCUT2D eigenvalue weighted by Crippen LogP contribution is 2.20. The van der Waals surface area contributed by atoms with Crippen molar-refractivity contribution >= 4 is 17.7 Å². The van der Waals surface area contributed by atoms with Crippen molar-refractivity contribution in [3.63, 3.8) is 0 Å². The highest BCUT2D eigenvalue weighted by atomic mass is 19.4. The second kappa shape index (κ2) is 6.27. The van der Waals surface area contributed by atoms with Gasteiger partial charge in [0.15, 0.2) is 0 Å². The fourth-order valence-corrected chi connectivity index (χ4v) is 1.49. The van der Waals surface area contributed by atoms with E-state index in [0.717, 1.165) is 4.90 Å². The van der Waals surface area contributed by atoms with Gasteiger partial charge in [-0.3, -0.25) is 4.90 Å². The van der Waals surface area contributed by atoms with Crippen molar-refractivity contribution < 1.29 is 27.9 Å². The van der Waals surface area contributed by atoms with Crippen LogP contribution in [0.5, 0.6) is 0 Å². The molecule has 0 bridgehead atoms. The van der Waals surface area contributed by atoms with E-state index in [9.17, 15) is 22.8 Å². The molecule has 2 N–H and O–H groups in total. The summed E-state index contributed by atoms with van der Waals surface area (Å²) in [4.78, 5) is 23.6. The number of alkyl halides is 3. The zero-order valence-corrected chi connectivity index (χ0v) is 10.6. The average molecular weight is 290 g/mol. The number of anilines is 1. The molecule has 0 aromatic heterocycles. The number of hydrogen-bond acceptors (Lipinski definition) is 2. The first-order chi connectivity index (χ1) is 9.22. The topological polar surface area (TPSA) is 69.6 Å². The summed E-state index contributed by atoms with van der Waals surface area (Å²) in [6, 6.07) is 4.91. The minimum atomic E-state index is -4.36. The van der Waals surface area contributed by atoms with Gasteiger partial charge in [0.2, 0.25) is 0 Å². The van der Waals surface area contributed by atoms with Crippen LogP contribution in [0.2, 0.25) is 0 Å². The van der Waals surface area contributed by atoms with Crippen LogP contribution in [0.3, 0.4) is 0 Å². The van der Waals surface area contributed by atoms with Gasteiger partial charge in [-0.25, -0.2) is 9.59 Å². The fourth-order valence-electron chi connectivity index (χ4n) is 1.49. The number of nitrogens with zero attached hydrogens (tertiary/aromatic N) is 1. The Hall–Kier alpha value is -2.25. The van der Waals surface area contributed by atoms with Crippen molar-refractivity contribution in [1.82, 2.24) is 5.32 Å². The zero-order chi connectivity index (χ0) is 15.3. The van der Waals surface area contributed by atoms with Gasteiger partial charge in [-0.1, -0.05) is 12.1 Å². The largest absolute Gasteiger partial charge is 0.478 e. The molecule has 0 unspecified atom stereocenters. The predicted octanol–water partition coefficient (Wildman–Crippen LogP) is 2.48. The molecule has 8 heteroatoms. The third-order valence-corrected chi connectivity index (χ3v) is 2.49. The third kappa shape index (κ3) is 4.45. The van der Waals surface area contributed by atoms with Gasteiger partial charge in [0.05, 0.1) is 17.7 Å². The molecule has 1 aromatic rings. The van der Waals surface area contributed by atoms with E-state index in [0.29, 0.717) is 0 Å². The van der Waals surface area contributed by atoms with Crippen LogP contribution in [0.15, 0.2) is 24.3 Å². The van der Waals surface area contributed by atoms with Crippen molar-refractivity contribution in [2.24, 2.45) is 0 Å². The molecule has 2 amide bonds. The van der Waals surface area contributed by atoms with Gasteiger partial charge in [0.1, 0.15) is 0 Å². The zero-order valence-electron chi connectivity index (χ0n) is 10.6. The molecule has 0 saturated carbocycles. The standard InChI is InChI=1S/C12H13F3N2O3/c1-17(11(20)16-7-6-12(13,14)15)9-5-3-2-4-8(9)10(18)19/h2-5H,6-7H2,1H3,(H,16,20)(H,18,19). The van der Waals surface area contributed by atoms with E-state index >= 15 is 0 Å². The van der Waals surface area contributed by atoms with Gasteiger partial charge in [-0.05, 0) is 12.1 Å². The summed E-state index contributed by atoms with van der Waals surface area (Å²) in [6.07, 6.45) is -5.50. The van der Waals surface area contributed by atoms with E-state index in [4.69, 9.17) is 5.11 Å². The summed E-state index contributed by atoms with van der Waals surface area (Å²) in [5, 5.41) is 11.0. The van der Waals surface area contributed by atoms with Crippen LogP contribution in [-0.4, -0.2) is 36.9 Å². The molecule has 0 atom stereocenters. The number of hydrogen-bond donors (Lipinski definition) is 2. The monoisotopic (exact) mass is 290 g/mol. The van der Waals surface area contributed by atoms with Gasteiger partial charge in [-0.15, -0.1) is 0 Å².